The Labute approximate surface area is 103 Å². The molecule has 0 aliphatic rings. The quantitative estimate of drug-likeness (QED) is 0.503. The van der Waals surface area contributed by atoms with Crippen LogP contribution in [0.15, 0.2) is 53.7 Å². The Morgan fingerprint density at radius 2 is 1.56 bits per heavy atom. The third-order valence-electron chi connectivity index (χ3n) is 2.62. The largest absolute Gasteiger partial charge is 0.411 e. The van der Waals surface area contributed by atoms with Gasteiger partial charge in [-0.05, 0) is 17.7 Å². The summed E-state index contributed by atoms with van der Waals surface area (Å²) in [5, 5.41) is 12.0. The molecule has 2 rings (SSSR count). The maximum atomic E-state index is 13.5. The van der Waals surface area contributed by atoms with E-state index in [1.54, 1.807) is 24.3 Å². The molecule has 0 spiro atoms. The van der Waals surface area contributed by atoms with Crippen LogP contribution in [0.25, 0.3) is 0 Å². The van der Waals surface area contributed by atoms with E-state index in [0.29, 0.717) is 5.56 Å². The number of benzene rings is 2. The van der Waals surface area contributed by atoms with Gasteiger partial charge in [-0.2, -0.15) is 0 Å². The van der Waals surface area contributed by atoms with Gasteiger partial charge in [-0.3, -0.25) is 0 Å². The number of hydrogen-bond donors (Lipinski definition) is 1. The first kappa shape index (κ1) is 12.2. The van der Waals surface area contributed by atoms with Gasteiger partial charge in [0.2, 0.25) is 0 Å². The first-order valence-electron chi connectivity index (χ1n) is 5.41. The number of hydrogen-bond acceptors (Lipinski definition) is 2. The molecule has 92 valence electrons. The Bertz CT molecular complexity index is 582. The van der Waals surface area contributed by atoms with Crippen LogP contribution >= 0.6 is 0 Å². The molecule has 0 heterocycles. The van der Waals surface area contributed by atoms with Crippen molar-refractivity contribution >= 4 is 5.71 Å². The zero-order valence-corrected chi connectivity index (χ0v) is 9.48. The van der Waals surface area contributed by atoms with Crippen molar-refractivity contribution in [1.29, 1.82) is 0 Å². The summed E-state index contributed by atoms with van der Waals surface area (Å²) in [6, 6.07) is 12.1. The zero-order chi connectivity index (χ0) is 13.0. The molecule has 0 saturated carbocycles. The lowest BCUT2D eigenvalue weighted by atomic mass is 10.0. The van der Waals surface area contributed by atoms with Crippen molar-refractivity contribution in [3.63, 3.8) is 0 Å². The molecule has 4 heteroatoms. The zero-order valence-electron chi connectivity index (χ0n) is 9.48. The molecule has 2 aromatic carbocycles. The maximum absolute atomic E-state index is 13.5. The summed E-state index contributed by atoms with van der Waals surface area (Å²) in [4.78, 5) is 0. The molecule has 0 aliphatic carbocycles. The highest BCUT2D eigenvalue weighted by Crippen LogP contribution is 2.14. The highest BCUT2D eigenvalue weighted by molar-refractivity contribution is 6.01. The number of rotatable bonds is 3. The van der Waals surface area contributed by atoms with Crippen LogP contribution in [0.4, 0.5) is 8.78 Å². The van der Waals surface area contributed by atoms with Crippen LogP contribution in [0.2, 0.25) is 0 Å². The van der Waals surface area contributed by atoms with Gasteiger partial charge >= 0.3 is 0 Å². The third kappa shape index (κ3) is 2.53. The van der Waals surface area contributed by atoms with Crippen molar-refractivity contribution in [2.24, 2.45) is 5.16 Å². The molecular weight excluding hydrogens is 236 g/mol. The first-order chi connectivity index (χ1) is 8.72. The van der Waals surface area contributed by atoms with Gasteiger partial charge in [0.25, 0.3) is 0 Å². The Balaban J connectivity index is 2.33. The minimum absolute atomic E-state index is 0.0319. The lowest BCUT2D eigenvalue weighted by Crippen LogP contribution is -2.09. The highest BCUT2D eigenvalue weighted by atomic mass is 19.1. The SMILES string of the molecule is ON=C(Cc1ccccc1F)c1ccccc1F. The Kier molecular flexibility index (Phi) is 3.67. The number of halogens is 2. The minimum atomic E-state index is -0.498. The van der Waals surface area contributed by atoms with Gasteiger partial charge in [0.05, 0.1) is 5.71 Å². The maximum Gasteiger partial charge on any atom is 0.132 e. The summed E-state index contributed by atoms with van der Waals surface area (Å²) in [7, 11) is 0. The van der Waals surface area contributed by atoms with Crippen molar-refractivity contribution in [2.75, 3.05) is 0 Å². The fraction of sp³-hybridized carbons (Fsp3) is 0.0714. The number of nitrogens with zero attached hydrogens (tertiary/aromatic N) is 1. The van der Waals surface area contributed by atoms with Crippen LogP contribution in [-0.4, -0.2) is 10.9 Å². The lowest BCUT2D eigenvalue weighted by Gasteiger charge is -2.06. The predicted molar refractivity (Wildman–Crippen MR) is 64.8 cm³/mol. The van der Waals surface area contributed by atoms with E-state index in [2.05, 4.69) is 5.16 Å². The molecule has 0 radical (unpaired) electrons. The van der Waals surface area contributed by atoms with E-state index in [-0.39, 0.29) is 17.7 Å². The molecule has 0 amide bonds. The van der Waals surface area contributed by atoms with Gasteiger partial charge in [0.1, 0.15) is 11.6 Å². The Morgan fingerprint density at radius 3 is 2.17 bits per heavy atom. The average Bonchev–Trinajstić information content (AvgIpc) is 2.39. The van der Waals surface area contributed by atoms with Gasteiger partial charge in [-0.15, -0.1) is 0 Å². The van der Waals surface area contributed by atoms with Gasteiger partial charge < -0.3 is 5.21 Å². The molecule has 1 N–H and O–H groups in total. The summed E-state index contributed by atoms with van der Waals surface area (Å²) in [5.74, 6) is -0.906. The summed E-state index contributed by atoms with van der Waals surface area (Å²) < 4.78 is 27.0. The van der Waals surface area contributed by atoms with Crippen LogP contribution < -0.4 is 0 Å². The lowest BCUT2D eigenvalue weighted by molar-refractivity contribution is 0.318. The summed E-state index contributed by atoms with van der Waals surface area (Å²) in [5.41, 5.74) is 0.620. The van der Waals surface area contributed by atoms with Crippen molar-refractivity contribution in [2.45, 2.75) is 6.42 Å². The van der Waals surface area contributed by atoms with Crippen LogP contribution in [0.1, 0.15) is 11.1 Å². The van der Waals surface area contributed by atoms with Crippen molar-refractivity contribution in [1.82, 2.24) is 0 Å². The van der Waals surface area contributed by atoms with Crippen molar-refractivity contribution in [3.05, 3.63) is 71.3 Å². The fourth-order valence-electron chi connectivity index (χ4n) is 1.70. The van der Waals surface area contributed by atoms with Crippen LogP contribution in [0, 0.1) is 11.6 Å². The van der Waals surface area contributed by atoms with Crippen molar-refractivity contribution < 1.29 is 14.0 Å². The first-order valence-corrected chi connectivity index (χ1v) is 5.41. The van der Waals surface area contributed by atoms with E-state index in [1.165, 1.54) is 24.3 Å². The molecular formula is C14H11F2NO. The Hall–Kier alpha value is -2.23. The second kappa shape index (κ2) is 5.40. The topological polar surface area (TPSA) is 32.6 Å². The molecule has 0 unspecified atom stereocenters. The van der Waals surface area contributed by atoms with E-state index in [1.807, 2.05) is 0 Å². The van der Waals surface area contributed by atoms with E-state index in [0.717, 1.165) is 0 Å². The molecule has 0 aromatic heterocycles. The van der Waals surface area contributed by atoms with Crippen LogP contribution in [-0.2, 0) is 6.42 Å². The predicted octanol–water partition coefficient (Wildman–Crippen LogP) is 3.39. The van der Waals surface area contributed by atoms with E-state index in [4.69, 9.17) is 5.21 Å². The van der Waals surface area contributed by atoms with Gasteiger partial charge in [0, 0.05) is 12.0 Å². The smallest absolute Gasteiger partial charge is 0.132 e. The third-order valence-corrected chi connectivity index (χ3v) is 2.62. The van der Waals surface area contributed by atoms with Crippen LogP contribution in [0.5, 0.6) is 0 Å². The minimum Gasteiger partial charge on any atom is -0.411 e. The molecule has 18 heavy (non-hydrogen) atoms. The summed E-state index contributed by atoms with van der Waals surface area (Å²) in [6.45, 7) is 0. The average molecular weight is 247 g/mol. The second-order valence-corrected chi connectivity index (χ2v) is 3.79. The number of oxime groups is 1. The molecule has 0 fully saturated rings. The van der Waals surface area contributed by atoms with E-state index < -0.39 is 11.6 Å². The standard InChI is InChI=1S/C14H11F2NO/c15-12-7-3-1-5-10(12)9-14(17-18)11-6-2-4-8-13(11)16/h1-8,18H,9H2. The van der Waals surface area contributed by atoms with E-state index in [9.17, 15) is 8.78 Å². The summed E-state index contributed by atoms with van der Waals surface area (Å²) >= 11 is 0. The molecule has 0 atom stereocenters. The molecule has 2 aromatic rings. The van der Waals surface area contributed by atoms with Gasteiger partial charge in [0.15, 0.2) is 0 Å². The molecule has 0 bridgehead atoms. The normalized spacial score (nSPS) is 11.6. The highest BCUT2D eigenvalue weighted by Gasteiger charge is 2.12. The van der Waals surface area contributed by atoms with Crippen LogP contribution in [0.3, 0.4) is 0 Å². The fourth-order valence-corrected chi connectivity index (χ4v) is 1.70. The van der Waals surface area contributed by atoms with Crippen molar-refractivity contribution in [3.8, 4) is 0 Å². The van der Waals surface area contributed by atoms with Gasteiger partial charge in [-0.1, -0.05) is 41.6 Å². The van der Waals surface area contributed by atoms with Gasteiger partial charge in [-0.25, -0.2) is 8.78 Å². The molecule has 0 saturated heterocycles. The molecule has 2 nitrogen and oxygen atoms in total. The summed E-state index contributed by atoms with van der Waals surface area (Å²) in [6.07, 6.45) is 0.0319. The second-order valence-electron chi connectivity index (χ2n) is 3.79. The Morgan fingerprint density at radius 1 is 0.944 bits per heavy atom. The molecule has 0 aliphatic heterocycles. The monoisotopic (exact) mass is 247 g/mol. The van der Waals surface area contributed by atoms with E-state index >= 15 is 0 Å².